The largest absolute Gasteiger partial charge is 1.00 e. The van der Waals surface area contributed by atoms with Crippen LogP contribution in [0.5, 0.6) is 11.5 Å². The molecule has 0 aliphatic carbocycles. The quantitative estimate of drug-likeness (QED) is 0.0619. The Hall–Kier alpha value is -4.54. The first-order valence-corrected chi connectivity index (χ1v) is 17.2. The average molecular weight is 772 g/mol. The summed E-state index contributed by atoms with van der Waals surface area (Å²) in [5, 5.41) is 50.6. The normalized spacial score (nSPS) is 12.1. The van der Waals surface area contributed by atoms with Crippen molar-refractivity contribution in [3.8, 4) is 11.5 Å². The van der Waals surface area contributed by atoms with E-state index in [0.29, 0.717) is 11.4 Å². The summed E-state index contributed by atoms with van der Waals surface area (Å²) in [6.45, 7) is 0. The molecule has 21 heteroatoms. The number of benzene rings is 6. The second-order valence-corrected chi connectivity index (χ2v) is 13.7. The van der Waals surface area contributed by atoms with E-state index in [1.807, 2.05) is 0 Å². The number of fused-ring (bicyclic) bond motifs is 2. The fourth-order valence-corrected chi connectivity index (χ4v) is 6.19. The van der Waals surface area contributed by atoms with Gasteiger partial charge in [0.25, 0.3) is 20.2 Å². The third kappa shape index (κ3) is 9.16. The van der Waals surface area contributed by atoms with Crippen molar-refractivity contribution in [3.63, 3.8) is 0 Å². The third-order valence-corrected chi connectivity index (χ3v) is 9.07. The molecule has 0 aliphatic rings. The Labute approximate surface area is 345 Å². The molecule has 6 aromatic rings. The monoisotopic (exact) mass is 771 g/mol. The molecule has 0 aliphatic heterocycles. The Morgan fingerprint density at radius 2 is 0.906 bits per heavy atom. The van der Waals surface area contributed by atoms with E-state index in [2.05, 4.69) is 30.7 Å². The van der Waals surface area contributed by atoms with Crippen LogP contribution in [0.2, 0.25) is 0 Å². The van der Waals surface area contributed by atoms with Gasteiger partial charge in [-0.15, -0.1) is 15.3 Å². The summed E-state index contributed by atoms with van der Waals surface area (Å²) in [5.41, 5.74) is 17.8. The van der Waals surface area contributed by atoms with Gasteiger partial charge >= 0.3 is 59.1 Å². The van der Waals surface area contributed by atoms with Crippen LogP contribution in [0.3, 0.4) is 0 Å². The topological polar surface area (TPSA) is 307 Å². The van der Waals surface area contributed by atoms with E-state index in [1.165, 1.54) is 66.7 Å². The molecule has 0 unspecified atom stereocenters. The first kappa shape index (κ1) is 41.2. The summed E-state index contributed by atoms with van der Waals surface area (Å²) < 4.78 is 68.2. The third-order valence-electron chi connectivity index (χ3n) is 7.33. The van der Waals surface area contributed by atoms with Crippen molar-refractivity contribution in [2.24, 2.45) is 30.7 Å². The molecule has 0 amide bonds. The zero-order valence-corrected chi connectivity index (χ0v) is 33.4. The van der Waals surface area contributed by atoms with Gasteiger partial charge in [-0.05, 0) is 100 Å². The predicted octanol–water partition coefficient (Wildman–Crippen LogP) is 0.634. The fourth-order valence-electron chi connectivity index (χ4n) is 4.88. The number of hydrogen-bond acceptors (Lipinski definition) is 15. The van der Waals surface area contributed by atoms with Crippen molar-refractivity contribution in [1.29, 1.82) is 0 Å². The Balaban J connectivity index is 0.00000314. The van der Waals surface area contributed by atoms with Crippen molar-refractivity contribution in [2.75, 3.05) is 17.2 Å². The first-order valence-electron chi connectivity index (χ1n) is 14.3. The second kappa shape index (κ2) is 16.2. The number of hydrogen-bond donors (Lipinski definition) is 5. The summed E-state index contributed by atoms with van der Waals surface area (Å²) in [7, 11) is -9.80. The van der Waals surface area contributed by atoms with E-state index >= 15 is 0 Å². The molecule has 0 heterocycles. The van der Waals surface area contributed by atoms with Crippen molar-refractivity contribution < 1.29 is 95.3 Å². The molecule has 0 fully saturated rings. The summed E-state index contributed by atoms with van der Waals surface area (Å²) in [6.07, 6.45) is 0. The van der Waals surface area contributed by atoms with Crippen molar-refractivity contribution >= 4 is 93.0 Å². The smallest absolute Gasteiger partial charge is 0.871 e. The van der Waals surface area contributed by atoms with Crippen LogP contribution in [0.4, 0.5) is 51.2 Å². The number of nitrogens with zero attached hydrogens (tertiary/aromatic N) is 6. The van der Waals surface area contributed by atoms with Crippen LogP contribution in [0.15, 0.2) is 131 Å². The minimum absolute atomic E-state index is 0. The fraction of sp³-hybridized carbons (Fsp3) is 0. The maximum atomic E-state index is 13.5. The second-order valence-electron chi connectivity index (χ2n) is 10.9. The molecule has 6 aromatic carbocycles. The molecule has 8 N–H and O–H groups in total. The van der Waals surface area contributed by atoms with Crippen molar-refractivity contribution in [1.82, 2.24) is 0 Å². The van der Waals surface area contributed by atoms with Crippen LogP contribution >= 0.6 is 0 Å². The van der Waals surface area contributed by atoms with Gasteiger partial charge in [0.1, 0.15) is 15.5 Å². The van der Waals surface area contributed by atoms with E-state index in [-0.39, 0.29) is 109 Å². The Morgan fingerprint density at radius 3 is 1.40 bits per heavy atom. The van der Waals surface area contributed by atoms with E-state index in [1.54, 1.807) is 12.1 Å². The molecular formula is C32H23N9Na2O8S2. The Bertz CT molecular complexity index is 2710. The van der Waals surface area contributed by atoms with Crippen LogP contribution in [0, 0.1) is 0 Å². The van der Waals surface area contributed by atoms with E-state index in [4.69, 9.17) is 17.2 Å². The van der Waals surface area contributed by atoms with Gasteiger partial charge in [0.05, 0.1) is 34.1 Å². The van der Waals surface area contributed by atoms with Crippen molar-refractivity contribution in [2.45, 2.75) is 9.79 Å². The molecule has 0 saturated heterocycles. The van der Waals surface area contributed by atoms with Crippen LogP contribution < -0.4 is 86.5 Å². The molecule has 0 atom stereocenters. The van der Waals surface area contributed by atoms with Crippen LogP contribution in [-0.4, -0.2) is 25.9 Å². The number of rotatable bonds is 8. The molecule has 0 bridgehead atoms. The number of nitrogen functional groups attached to an aromatic ring is 3. The van der Waals surface area contributed by atoms with Gasteiger partial charge in [-0.3, -0.25) is 9.11 Å². The zero-order valence-electron chi connectivity index (χ0n) is 27.7. The van der Waals surface area contributed by atoms with E-state index in [9.17, 15) is 36.2 Å². The van der Waals surface area contributed by atoms with Crippen molar-refractivity contribution in [3.05, 3.63) is 91.0 Å². The van der Waals surface area contributed by atoms with E-state index < -0.39 is 52.9 Å². The van der Waals surface area contributed by atoms with Gasteiger partial charge < -0.3 is 27.4 Å². The van der Waals surface area contributed by atoms with Gasteiger partial charge in [-0.2, -0.15) is 32.2 Å². The average Bonchev–Trinajstić information content (AvgIpc) is 3.07. The van der Waals surface area contributed by atoms with Crippen LogP contribution in [0.25, 0.3) is 21.5 Å². The number of anilines is 3. The van der Waals surface area contributed by atoms with Gasteiger partial charge in [-0.25, -0.2) is 0 Å². The minimum atomic E-state index is -4.93. The number of nitrogens with two attached hydrogens (primary N) is 3. The zero-order chi connectivity index (χ0) is 36.7. The summed E-state index contributed by atoms with van der Waals surface area (Å²) in [6, 6.07) is 20.7. The first-order chi connectivity index (χ1) is 24.1. The van der Waals surface area contributed by atoms with Gasteiger partial charge in [0, 0.05) is 11.4 Å². The van der Waals surface area contributed by atoms with E-state index in [0.717, 1.165) is 12.1 Å². The SMILES string of the molecule is Nc1ccc(N=Nc2ccc3cc(S(=O)(=O)O)c(N=Nc4ccc(N=Nc5c(S(=O)(=O)O)cc6ccc(N)cc6c5[O-])cc4)c([O-])c3c2)c(N)c1.[Na+].[Na+]. The molecule has 17 nitrogen and oxygen atoms in total. The van der Waals surface area contributed by atoms with Gasteiger partial charge in [0.2, 0.25) is 0 Å². The number of azo groups is 3. The molecule has 0 aromatic heterocycles. The molecule has 6 rings (SSSR count). The Morgan fingerprint density at radius 1 is 0.491 bits per heavy atom. The maximum Gasteiger partial charge on any atom is 1.00 e. The molecule has 0 saturated carbocycles. The molecule has 0 radical (unpaired) electrons. The van der Waals surface area contributed by atoms with Crippen LogP contribution in [0.1, 0.15) is 0 Å². The molecule has 258 valence electrons. The summed E-state index contributed by atoms with van der Waals surface area (Å²) in [4.78, 5) is -1.53. The van der Waals surface area contributed by atoms with Gasteiger partial charge in [0.15, 0.2) is 0 Å². The van der Waals surface area contributed by atoms with Gasteiger partial charge in [-0.1, -0.05) is 23.6 Å². The summed E-state index contributed by atoms with van der Waals surface area (Å²) >= 11 is 0. The molecule has 0 spiro atoms. The minimum Gasteiger partial charge on any atom is -0.871 e. The Kier molecular flexibility index (Phi) is 12.6. The summed E-state index contributed by atoms with van der Waals surface area (Å²) in [5.74, 6) is -1.71. The van der Waals surface area contributed by atoms with Crippen LogP contribution in [-0.2, 0) is 20.2 Å². The predicted molar refractivity (Wildman–Crippen MR) is 185 cm³/mol. The molecular weight excluding hydrogens is 749 g/mol. The maximum absolute atomic E-state index is 13.5. The standard InChI is InChI=1S/C32H25N9O8S2.2Na/c33-18-3-1-16-11-27(50(44,45)46)29(31(42)23(16)13-18)40-36-20-6-8-21(9-7-20)37-41-30-28(51(47,48)49)12-17-2-5-22(15-24(17)32(30)43)38-39-26-10-4-19(34)14-25(26)35;;/h1-15,42-43H,33-35H2,(H,44,45,46)(H,47,48,49);;/q;2*+1/p-2. The molecule has 53 heavy (non-hydrogen) atoms.